The first kappa shape index (κ1) is 16.9. The Hall–Kier alpha value is -2.57. The number of halogens is 1. The third kappa shape index (κ3) is 3.81. The molecule has 0 N–H and O–H groups in total. The normalized spacial score (nSPS) is 13.2. The van der Waals surface area contributed by atoms with Crippen LogP contribution in [0.1, 0.15) is 11.5 Å². The molecule has 0 radical (unpaired) electrons. The monoisotopic (exact) mass is 371 g/mol. The predicted octanol–water partition coefficient (Wildman–Crippen LogP) is 3.79. The second-order valence-electron chi connectivity index (χ2n) is 6.16. The highest BCUT2D eigenvalue weighted by molar-refractivity contribution is 6.30. The van der Waals surface area contributed by atoms with Crippen molar-refractivity contribution in [3.63, 3.8) is 0 Å². The standard InChI is InChI=1S/C19H18ClN3O3/c1-23(11-13-2-7-16-17(10-13)25-9-8-24-16)12-18-21-22-19(26-18)14-3-5-15(20)6-4-14/h2-7,10H,8-9,11-12H2,1H3. The van der Waals surface area contributed by atoms with Gasteiger partial charge in [-0.3, -0.25) is 4.90 Å². The maximum absolute atomic E-state index is 5.90. The molecule has 0 spiro atoms. The van der Waals surface area contributed by atoms with Crippen molar-refractivity contribution in [3.8, 4) is 23.0 Å². The van der Waals surface area contributed by atoms with Crippen molar-refractivity contribution in [1.29, 1.82) is 0 Å². The van der Waals surface area contributed by atoms with Gasteiger partial charge in [0.25, 0.3) is 0 Å². The SMILES string of the molecule is CN(Cc1ccc2c(c1)OCCO2)Cc1nnc(-c2ccc(Cl)cc2)o1. The average Bonchev–Trinajstić information content (AvgIpc) is 3.10. The topological polar surface area (TPSA) is 60.6 Å². The summed E-state index contributed by atoms with van der Waals surface area (Å²) < 4.78 is 16.9. The summed E-state index contributed by atoms with van der Waals surface area (Å²) >= 11 is 5.90. The van der Waals surface area contributed by atoms with E-state index in [0.717, 1.165) is 29.2 Å². The number of ether oxygens (including phenoxy) is 2. The summed E-state index contributed by atoms with van der Waals surface area (Å²) in [5.41, 5.74) is 1.98. The fourth-order valence-electron chi connectivity index (χ4n) is 2.81. The van der Waals surface area contributed by atoms with Crippen molar-refractivity contribution in [2.24, 2.45) is 0 Å². The molecule has 0 bridgehead atoms. The van der Waals surface area contributed by atoms with E-state index in [1.807, 2.05) is 37.4 Å². The Labute approximate surface area is 156 Å². The third-order valence-electron chi connectivity index (χ3n) is 4.02. The van der Waals surface area contributed by atoms with Gasteiger partial charge in [0.15, 0.2) is 11.5 Å². The van der Waals surface area contributed by atoms with E-state index in [0.29, 0.717) is 36.6 Å². The highest BCUT2D eigenvalue weighted by atomic mass is 35.5. The summed E-state index contributed by atoms with van der Waals surface area (Å²) in [5, 5.41) is 8.92. The number of hydrogen-bond donors (Lipinski definition) is 0. The molecule has 1 aliphatic rings. The minimum Gasteiger partial charge on any atom is -0.486 e. The van der Waals surface area contributed by atoms with Gasteiger partial charge in [0, 0.05) is 17.1 Å². The molecule has 0 saturated heterocycles. The lowest BCUT2D eigenvalue weighted by atomic mass is 10.2. The molecule has 0 unspecified atom stereocenters. The van der Waals surface area contributed by atoms with E-state index in [1.165, 1.54) is 0 Å². The molecule has 0 aliphatic carbocycles. The van der Waals surface area contributed by atoms with Gasteiger partial charge in [-0.15, -0.1) is 10.2 Å². The molecule has 1 aromatic heterocycles. The number of rotatable bonds is 5. The van der Waals surface area contributed by atoms with Crippen LogP contribution in [-0.2, 0) is 13.1 Å². The summed E-state index contributed by atoms with van der Waals surface area (Å²) in [6, 6.07) is 13.3. The molecule has 0 amide bonds. The summed E-state index contributed by atoms with van der Waals surface area (Å²) in [6.45, 7) is 2.46. The third-order valence-corrected chi connectivity index (χ3v) is 4.27. The van der Waals surface area contributed by atoms with Gasteiger partial charge in [-0.05, 0) is 49.0 Å². The van der Waals surface area contributed by atoms with E-state index in [9.17, 15) is 0 Å². The Morgan fingerprint density at radius 2 is 1.73 bits per heavy atom. The number of fused-ring (bicyclic) bond motifs is 1. The van der Waals surface area contributed by atoms with Crippen molar-refractivity contribution in [1.82, 2.24) is 15.1 Å². The van der Waals surface area contributed by atoms with Crippen LogP contribution < -0.4 is 9.47 Å². The van der Waals surface area contributed by atoms with Crippen LogP contribution in [0.5, 0.6) is 11.5 Å². The average molecular weight is 372 g/mol. The van der Waals surface area contributed by atoms with E-state index in [2.05, 4.69) is 15.1 Å². The lowest BCUT2D eigenvalue weighted by Crippen LogP contribution is -2.18. The molecule has 7 heteroatoms. The van der Waals surface area contributed by atoms with Gasteiger partial charge in [0.05, 0.1) is 6.54 Å². The van der Waals surface area contributed by atoms with Crippen LogP contribution in [0.4, 0.5) is 0 Å². The van der Waals surface area contributed by atoms with E-state index in [1.54, 1.807) is 12.1 Å². The molecule has 0 saturated carbocycles. The molecule has 0 fully saturated rings. The van der Waals surface area contributed by atoms with Crippen molar-refractivity contribution >= 4 is 11.6 Å². The number of benzene rings is 2. The molecular weight excluding hydrogens is 354 g/mol. The first-order valence-electron chi connectivity index (χ1n) is 8.33. The molecule has 3 aromatic rings. The molecule has 4 rings (SSSR count). The van der Waals surface area contributed by atoms with Crippen LogP contribution >= 0.6 is 11.6 Å². The molecular formula is C19H18ClN3O3. The van der Waals surface area contributed by atoms with Crippen LogP contribution in [0.15, 0.2) is 46.9 Å². The zero-order chi connectivity index (χ0) is 17.9. The smallest absolute Gasteiger partial charge is 0.247 e. The summed E-state index contributed by atoms with van der Waals surface area (Å²) in [6.07, 6.45) is 0. The first-order valence-corrected chi connectivity index (χ1v) is 8.70. The van der Waals surface area contributed by atoms with Crippen LogP contribution in [-0.4, -0.2) is 35.4 Å². The van der Waals surface area contributed by atoms with E-state index in [-0.39, 0.29) is 0 Å². The van der Waals surface area contributed by atoms with Gasteiger partial charge in [-0.2, -0.15) is 0 Å². The van der Waals surface area contributed by atoms with Crippen LogP contribution in [0, 0.1) is 0 Å². The molecule has 1 aliphatic heterocycles. The zero-order valence-corrected chi connectivity index (χ0v) is 15.1. The van der Waals surface area contributed by atoms with Crippen LogP contribution in [0.25, 0.3) is 11.5 Å². The predicted molar refractivity (Wildman–Crippen MR) is 97.3 cm³/mol. The minimum atomic E-state index is 0.490. The highest BCUT2D eigenvalue weighted by Gasteiger charge is 2.14. The van der Waals surface area contributed by atoms with E-state index < -0.39 is 0 Å². The fourth-order valence-corrected chi connectivity index (χ4v) is 2.94. The zero-order valence-electron chi connectivity index (χ0n) is 14.3. The van der Waals surface area contributed by atoms with Gasteiger partial charge in [0.1, 0.15) is 13.2 Å². The van der Waals surface area contributed by atoms with Gasteiger partial charge in [0.2, 0.25) is 11.8 Å². The molecule has 0 atom stereocenters. The second-order valence-corrected chi connectivity index (χ2v) is 6.59. The lowest BCUT2D eigenvalue weighted by molar-refractivity contribution is 0.171. The fraction of sp³-hybridized carbons (Fsp3) is 0.263. The van der Waals surface area contributed by atoms with Crippen molar-refractivity contribution < 1.29 is 13.9 Å². The Morgan fingerprint density at radius 1 is 0.962 bits per heavy atom. The summed E-state index contributed by atoms with van der Waals surface area (Å²) in [7, 11) is 2.00. The molecule has 6 nitrogen and oxygen atoms in total. The Balaban J connectivity index is 1.40. The van der Waals surface area contributed by atoms with Gasteiger partial charge in [-0.1, -0.05) is 17.7 Å². The van der Waals surface area contributed by atoms with E-state index >= 15 is 0 Å². The lowest BCUT2D eigenvalue weighted by Gasteiger charge is -2.20. The largest absolute Gasteiger partial charge is 0.486 e. The molecule has 2 aromatic carbocycles. The van der Waals surface area contributed by atoms with E-state index in [4.69, 9.17) is 25.5 Å². The maximum atomic E-state index is 5.90. The molecule has 26 heavy (non-hydrogen) atoms. The number of aromatic nitrogens is 2. The minimum absolute atomic E-state index is 0.490. The maximum Gasteiger partial charge on any atom is 0.247 e. The quantitative estimate of drug-likeness (QED) is 0.680. The number of nitrogens with zero attached hydrogens (tertiary/aromatic N) is 3. The Bertz CT molecular complexity index is 895. The van der Waals surface area contributed by atoms with Crippen molar-refractivity contribution in [2.45, 2.75) is 13.1 Å². The van der Waals surface area contributed by atoms with Crippen molar-refractivity contribution in [3.05, 3.63) is 58.9 Å². The summed E-state index contributed by atoms with van der Waals surface area (Å²) in [5.74, 6) is 2.65. The highest BCUT2D eigenvalue weighted by Crippen LogP contribution is 2.31. The number of hydrogen-bond acceptors (Lipinski definition) is 6. The Morgan fingerprint density at radius 3 is 2.54 bits per heavy atom. The van der Waals surface area contributed by atoms with Crippen LogP contribution in [0.3, 0.4) is 0 Å². The summed E-state index contributed by atoms with van der Waals surface area (Å²) in [4.78, 5) is 2.10. The Kier molecular flexibility index (Phi) is 4.77. The van der Waals surface area contributed by atoms with Gasteiger partial charge >= 0.3 is 0 Å². The van der Waals surface area contributed by atoms with Gasteiger partial charge in [-0.25, -0.2) is 0 Å². The second kappa shape index (κ2) is 7.35. The van der Waals surface area contributed by atoms with Crippen LogP contribution in [0.2, 0.25) is 5.02 Å². The first-order chi connectivity index (χ1) is 12.7. The van der Waals surface area contributed by atoms with Gasteiger partial charge < -0.3 is 13.9 Å². The molecule has 2 heterocycles. The molecule has 134 valence electrons. The van der Waals surface area contributed by atoms with Crippen molar-refractivity contribution in [2.75, 3.05) is 20.3 Å².